The SMILES string of the molecule is CC(C)(C)OC(=O)N1CCC(Cc2ccccn2)C1C(=O)O. The second-order valence-corrected chi connectivity index (χ2v) is 6.53. The molecule has 2 atom stereocenters. The molecule has 6 heteroatoms. The maximum absolute atomic E-state index is 12.2. The van der Waals surface area contributed by atoms with Gasteiger partial charge in [-0.2, -0.15) is 0 Å². The van der Waals surface area contributed by atoms with Gasteiger partial charge in [0.2, 0.25) is 0 Å². The molecule has 0 saturated carbocycles. The molecule has 0 radical (unpaired) electrons. The van der Waals surface area contributed by atoms with E-state index in [9.17, 15) is 14.7 Å². The van der Waals surface area contributed by atoms with E-state index in [-0.39, 0.29) is 5.92 Å². The van der Waals surface area contributed by atoms with Crippen molar-refractivity contribution in [2.45, 2.75) is 45.3 Å². The van der Waals surface area contributed by atoms with Gasteiger partial charge in [0, 0.05) is 18.4 Å². The third-order valence-electron chi connectivity index (χ3n) is 3.60. The van der Waals surface area contributed by atoms with Crippen LogP contribution in [0, 0.1) is 5.92 Å². The van der Waals surface area contributed by atoms with Gasteiger partial charge in [0.05, 0.1) is 0 Å². The van der Waals surface area contributed by atoms with Crippen molar-refractivity contribution in [3.8, 4) is 0 Å². The number of carboxylic acids is 1. The van der Waals surface area contributed by atoms with Crippen LogP contribution < -0.4 is 0 Å². The summed E-state index contributed by atoms with van der Waals surface area (Å²) in [5, 5.41) is 9.51. The second-order valence-electron chi connectivity index (χ2n) is 6.53. The Bertz CT molecular complexity index is 539. The number of aliphatic carboxylic acids is 1. The van der Waals surface area contributed by atoms with Crippen LogP contribution in [0.5, 0.6) is 0 Å². The molecule has 2 rings (SSSR count). The Kier molecular flexibility index (Phi) is 4.68. The number of ether oxygens (including phenoxy) is 1. The molecule has 1 fully saturated rings. The van der Waals surface area contributed by atoms with E-state index in [1.165, 1.54) is 4.90 Å². The molecule has 0 aliphatic carbocycles. The van der Waals surface area contributed by atoms with Crippen LogP contribution >= 0.6 is 0 Å². The Balaban J connectivity index is 2.11. The number of amides is 1. The summed E-state index contributed by atoms with van der Waals surface area (Å²) in [6.07, 6.45) is 2.29. The third kappa shape index (κ3) is 3.96. The monoisotopic (exact) mass is 306 g/mol. The van der Waals surface area contributed by atoms with Crippen LogP contribution in [0.3, 0.4) is 0 Å². The number of aromatic nitrogens is 1. The molecule has 1 aliphatic rings. The summed E-state index contributed by atoms with van der Waals surface area (Å²) in [6, 6.07) is 4.70. The fraction of sp³-hybridized carbons (Fsp3) is 0.562. The predicted molar refractivity (Wildman–Crippen MR) is 80.4 cm³/mol. The number of carbonyl (C=O) groups excluding carboxylic acids is 1. The van der Waals surface area contributed by atoms with Gasteiger partial charge in [0.15, 0.2) is 0 Å². The van der Waals surface area contributed by atoms with Crippen LogP contribution in [0.2, 0.25) is 0 Å². The Morgan fingerprint density at radius 1 is 1.41 bits per heavy atom. The summed E-state index contributed by atoms with van der Waals surface area (Å²) in [4.78, 5) is 29.4. The van der Waals surface area contributed by atoms with Gasteiger partial charge in [-0.05, 0) is 51.7 Å². The van der Waals surface area contributed by atoms with E-state index in [2.05, 4.69) is 4.98 Å². The van der Waals surface area contributed by atoms with Crippen molar-refractivity contribution in [2.75, 3.05) is 6.54 Å². The number of hydrogen-bond donors (Lipinski definition) is 1. The molecule has 0 spiro atoms. The molecular formula is C16H22N2O4. The van der Waals surface area contributed by atoms with Gasteiger partial charge in [-0.15, -0.1) is 0 Å². The first-order chi connectivity index (χ1) is 10.3. The van der Waals surface area contributed by atoms with E-state index < -0.39 is 23.7 Å². The number of carbonyl (C=O) groups is 2. The molecular weight excluding hydrogens is 284 g/mol. The Labute approximate surface area is 130 Å². The highest BCUT2D eigenvalue weighted by Crippen LogP contribution is 2.29. The quantitative estimate of drug-likeness (QED) is 0.927. The van der Waals surface area contributed by atoms with Gasteiger partial charge < -0.3 is 9.84 Å². The van der Waals surface area contributed by atoms with Crippen molar-refractivity contribution in [3.63, 3.8) is 0 Å². The zero-order chi connectivity index (χ0) is 16.3. The summed E-state index contributed by atoms with van der Waals surface area (Å²) in [5.41, 5.74) is 0.198. The molecule has 6 nitrogen and oxygen atoms in total. The number of rotatable bonds is 3. The van der Waals surface area contributed by atoms with Crippen molar-refractivity contribution in [2.24, 2.45) is 5.92 Å². The molecule has 2 heterocycles. The number of carboxylic acid groups (broad SMARTS) is 1. The minimum absolute atomic E-state index is 0.153. The lowest BCUT2D eigenvalue weighted by molar-refractivity contribution is -0.143. The highest BCUT2D eigenvalue weighted by molar-refractivity contribution is 5.81. The van der Waals surface area contributed by atoms with Crippen LogP contribution in [-0.2, 0) is 16.0 Å². The molecule has 0 aromatic carbocycles. The Morgan fingerprint density at radius 3 is 2.68 bits per heavy atom. The average molecular weight is 306 g/mol. The molecule has 2 unspecified atom stereocenters. The van der Waals surface area contributed by atoms with E-state index in [1.54, 1.807) is 27.0 Å². The zero-order valence-electron chi connectivity index (χ0n) is 13.2. The minimum Gasteiger partial charge on any atom is -0.480 e. The van der Waals surface area contributed by atoms with E-state index in [0.717, 1.165) is 5.69 Å². The molecule has 1 aromatic heterocycles. The lowest BCUT2D eigenvalue weighted by atomic mass is 9.94. The van der Waals surface area contributed by atoms with E-state index in [4.69, 9.17) is 4.74 Å². The number of nitrogens with zero attached hydrogens (tertiary/aromatic N) is 2. The summed E-state index contributed by atoms with van der Waals surface area (Å²) >= 11 is 0. The topological polar surface area (TPSA) is 79.7 Å². The molecule has 1 amide bonds. The van der Waals surface area contributed by atoms with Crippen molar-refractivity contribution in [1.29, 1.82) is 0 Å². The second kappa shape index (κ2) is 6.34. The molecule has 1 aliphatic heterocycles. The van der Waals surface area contributed by atoms with Gasteiger partial charge in [-0.3, -0.25) is 9.88 Å². The van der Waals surface area contributed by atoms with E-state index >= 15 is 0 Å². The largest absolute Gasteiger partial charge is 0.480 e. The van der Waals surface area contributed by atoms with Crippen molar-refractivity contribution in [3.05, 3.63) is 30.1 Å². The van der Waals surface area contributed by atoms with Gasteiger partial charge in [-0.1, -0.05) is 6.07 Å². The average Bonchev–Trinajstić information content (AvgIpc) is 2.82. The molecule has 1 N–H and O–H groups in total. The van der Waals surface area contributed by atoms with Gasteiger partial charge in [0.1, 0.15) is 11.6 Å². The first-order valence-corrected chi connectivity index (χ1v) is 7.40. The lowest BCUT2D eigenvalue weighted by Crippen LogP contribution is -2.45. The summed E-state index contributed by atoms with van der Waals surface area (Å²) in [7, 11) is 0. The van der Waals surface area contributed by atoms with Crippen LogP contribution in [0.25, 0.3) is 0 Å². The third-order valence-corrected chi connectivity index (χ3v) is 3.60. The zero-order valence-corrected chi connectivity index (χ0v) is 13.2. The van der Waals surface area contributed by atoms with Gasteiger partial charge >= 0.3 is 12.1 Å². The summed E-state index contributed by atoms with van der Waals surface area (Å²) in [6.45, 7) is 5.69. The fourth-order valence-corrected chi connectivity index (χ4v) is 2.72. The number of hydrogen-bond acceptors (Lipinski definition) is 4. The fourth-order valence-electron chi connectivity index (χ4n) is 2.72. The molecule has 1 saturated heterocycles. The standard InChI is InChI=1S/C16H22N2O4/c1-16(2,3)22-15(21)18-9-7-11(13(18)14(19)20)10-12-6-4-5-8-17-12/h4-6,8,11,13H,7,9-10H2,1-3H3,(H,19,20). The molecule has 120 valence electrons. The first-order valence-electron chi connectivity index (χ1n) is 7.40. The van der Waals surface area contributed by atoms with Crippen LogP contribution in [-0.4, -0.2) is 45.2 Å². The smallest absolute Gasteiger partial charge is 0.411 e. The minimum atomic E-state index is -0.996. The van der Waals surface area contributed by atoms with Crippen LogP contribution in [0.4, 0.5) is 4.79 Å². The van der Waals surface area contributed by atoms with Crippen molar-refractivity contribution in [1.82, 2.24) is 9.88 Å². The maximum Gasteiger partial charge on any atom is 0.411 e. The highest BCUT2D eigenvalue weighted by Gasteiger charge is 2.43. The predicted octanol–water partition coefficient (Wildman–Crippen LogP) is 2.33. The first kappa shape index (κ1) is 16.3. The number of pyridine rings is 1. The highest BCUT2D eigenvalue weighted by atomic mass is 16.6. The number of likely N-dealkylation sites (tertiary alicyclic amines) is 1. The molecule has 22 heavy (non-hydrogen) atoms. The lowest BCUT2D eigenvalue weighted by Gasteiger charge is -2.28. The van der Waals surface area contributed by atoms with Crippen LogP contribution in [0.1, 0.15) is 32.9 Å². The van der Waals surface area contributed by atoms with E-state index in [0.29, 0.717) is 19.4 Å². The van der Waals surface area contributed by atoms with Gasteiger partial charge in [0.25, 0.3) is 0 Å². The van der Waals surface area contributed by atoms with Crippen LogP contribution in [0.15, 0.2) is 24.4 Å². The van der Waals surface area contributed by atoms with Crippen molar-refractivity contribution < 1.29 is 19.4 Å². The summed E-state index contributed by atoms with van der Waals surface area (Å²) < 4.78 is 5.31. The van der Waals surface area contributed by atoms with Crippen molar-refractivity contribution >= 4 is 12.1 Å². The molecule has 0 bridgehead atoms. The summed E-state index contributed by atoms with van der Waals surface area (Å²) in [5.74, 6) is -1.15. The normalized spacial score (nSPS) is 21.7. The Hall–Kier alpha value is -2.11. The van der Waals surface area contributed by atoms with E-state index in [1.807, 2.05) is 18.2 Å². The van der Waals surface area contributed by atoms with Gasteiger partial charge in [-0.25, -0.2) is 9.59 Å². The Morgan fingerprint density at radius 2 is 2.14 bits per heavy atom. The maximum atomic E-state index is 12.2. The molecule has 1 aromatic rings.